The summed E-state index contributed by atoms with van der Waals surface area (Å²) in [4.78, 5) is 45.2. The molecule has 3 heterocycles. The summed E-state index contributed by atoms with van der Waals surface area (Å²) >= 11 is 0. The van der Waals surface area contributed by atoms with Crippen molar-refractivity contribution < 1.29 is 19.5 Å². The highest BCUT2D eigenvalue weighted by molar-refractivity contribution is 5.93. The Kier molecular flexibility index (Phi) is 8.07. The lowest BCUT2D eigenvalue weighted by Gasteiger charge is -2.55. The van der Waals surface area contributed by atoms with Crippen LogP contribution in [0.25, 0.3) is 10.9 Å². The van der Waals surface area contributed by atoms with Crippen molar-refractivity contribution >= 4 is 34.6 Å². The molecule has 0 spiro atoms. The minimum Gasteiger partial charge on any atom is -0.508 e. The predicted octanol–water partition coefficient (Wildman–Crippen LogP) is 2.81. The second-order valence-electron chi connectivity index (χ2n) is 11.2. The van der Waals surface area contributed by atoms with E-state index in [-0.39, 0.29) is 49.7 Å². The molecule has 0 bridgehead atoms. The number of aromatic nitrogens is 2. The van der Waals surface area contributed by atoms with Crippen molar-refractivity contribution in [3.63, 3.8) is 0 Å². The van der Waals surface area contributed by atoms with Gasteiger partial charge in [-0.2, -0.15) is 5.10 Å². The number of phenolic OH excluding ortho intramolecular Hbond substituents is 1. The van der Waals surface area contributed by atoms with Crippen molar-refractivity contribution in [2.24, 2.45) is 0 Å². The maximum Gasteiger partial charge on any atom is 0.334 e. The maximum absolute atomic E-state index is 14.2. The summed E-state index contributed by atoms with van der Waals surface area (Å²) in [5.41, 5.74) is 9.35. The van der Waals surface area contributed by atoms with Crippen molar-refractivity contribution in [1.29, 1.82) is 0 Å². The van der Waals surface area contributed by atoms with Gasteiger partial charge in [0, 0.05) is 31.4 Å². The molecule has 44 heavy (non-hydrogen) atoms. The average molecular weight is 597 g/mol. The van der Waals surface area contributed by atoms with E-state index in [4.69, 9.17) is 5.73 Å². The fourth-order valence-corrected chi connectivity index (χ4v) is 6.16. The first-order chi connectivity index (χ1) is 21.3. The molecule has 0 saturated carbocycles. The van der Waals surface area contributed by atoms with E-state index < -0.39 is 12.2 Å². The molecule has 2 fully saturated rings. The minimum atomic E-state index is -0.856. The van der Waals surface area contributed by atoms with Gasteiger partial charge in [-0.3, -0.25) is 14.7 Å². The number of carbonyl (C=O) groups is 3. The third-order valence-electron chi connectivity index (χ3n) is 8.25. The van der Waals surface area contributed by atoms with E-state index in [1.54, 1.807) is 44.1 Å². The molecule has 2 aliphatic heterocycles. The SMILES string of the molecule is CCCN1CC(=O)N2[C@@H](Cc3ccc(O)cc3)C(=O)N(Cc3cccc4c(N)n[nH]c34)C[C@@H]2N1C(=O)NCc1ccccc1. The number of hydrogen-bond donors (Lipinski definition) is 4. The molecule has 2 aliphatic rings. The van der Waals surface area contributed by atoms with Crippen LogP contribution in [-0.2, 0) is 29.1 Å². The molecular weight excluding hydrogens is 560 g/mol. The number of para-hydroxylation sites is 1. The third-order valence-corrected chi connectivity index (χ3v) is 8.25. The van der Waals surface area contributed by atoms with Gasteiger partial charge < -0.3 is 26.0 Å². The molecule has 2 atom stereocenters. The van der Waals surface area contributed by atoms with Crippen LogP contribution in [0.3, 0.4) is 0 Å². The summed E-state index contributed by atoms with van der Waals surface area (Å²) in [5, 5.41) is 24.1. The summed E-state index contributed by atoms with van der Waals surface area (Å²) < 4.78 is 0. The molecular formula is C32H36N8O4. The van der Waals surface area contributed by atoms with Gasteiger partial charge in [0.2, 0.25) is 11.8 Å². The second-order valence-corrected chi connectivity index (χ2v) is 11.2. The Hall–Kier alpha value is -5.10. The largest absolute Gasteiger partial charge is 0.508 e. The number of H-pyrrole nitrogens is 1. The highest BCUT2D eigenvalue weighted by Gasteiger charge is 2.51. The van der Waals surface area contributed by atoms with Gasteiger partial charge >= 0.3 is 6.03 Å². The molecule has 12 heteroatoms. The number of aromatic hydroxyl groups is 1. The van der Waals surface area contributed by atoms with Crippen LogP contribution < -0.4 is 11.1 Å². The first kappa shape index (κ1) is 29.0. The zero-order chi connectivity index (χ0) is 30.8. The third kappa shape index (κ3) is 5.63. The Balaban J connectivity index is 1.36. The Bertz CT molecular complexity index is 1660. The highest BCUT2D eigenvalue weighted by atomic mass is 16.3. The number of nitrogens with two attached hydrogens (primary N) is 1. The monoisotopic (exact) mass is 596 g/mol. The van der Waals surface area contributed by atoms with Gasteiger partial charge in [0.05, 0.1) is 18.6 Å². The van der Waals surface area contributed by atoms with Gasteiger partial charge in [0.1, 0.15) is 18.0 Å². The second kappa shape index (κ2) is 12.3. The quantitative estimate of drug-likeness (QED) is 0.244. The number of nitrogen functional groups attached to an aromatic ring is 1. The number of anilines is 1. The fourth-order valence-electron chi connectivity index (χ4n) is 6.16. The summed E-state index contributed by atoms with van der Waals surface area (Å²) in [6.45, 7) is 3.15. The van der Waals surface area contributed by atoms with Crippen molar-refractivity contribution in [2.45, 2.75) is 45.1 Å². The first-order valence-electron chi connectivity index (χ1n) is 14.8. The summed E-state index contributed by atoms with van der Waals surface area (Å²) in [5.74, 6) is 0.0507. The summed E-state index contributed by atoms with van der Waals surface area (Å²) in [7, 11) is 0. The van der Waals surface area contributed by atoms with Gasteiger partial charge in [-0.05, 0) is 41.3 Å². The van der Waals surface area contributed by atoms with Crippen LogP contribution in [0.4, 0.5) is 10.6 Å². The van der Waals surface area contributed by atoms with E-state index in [0.29, 0.717) is 18.9 Å². The number of hydrogen-bond acceptors (Lipinski definition) is 7. The zero-order valence-corrected chi connectivity index (χ0v) is 24.5. The number of urea groups is 1. The van der Waals surface area contributed by atoms with E-state index in [1.807, 2.05) is 55.5 Å². The number of rotatable bonds is 8. The van der Waals surface area contributed by atoms with Crippen LogP contribution in [0, 0.1) is 0 Å². The van der Waals surface area contributed by atoms with Gasteiger partial charge in [0.15, 0.2) is 5.82 Å². The highest BCUT2D eigenvalue weighted by Crippen LogP contribution is 2.31. The van der Waals surface area contributed by atoms with Gasteiger partial charge in [-0.15, -0.1) is 0 Å². The number of hydrazine groups is 1. The normalized spacial score (nSPS) is 19.0. The molecule has 4 aromatic rings. The summed E-state index contributed by atoms with van der Waals surface area (Å²) in [6.07, 6.45) is 0.224. The van der Waals surface area contributed by atoms with Gasteiger partial charge in [-0.25, -0.2) is 14.8 Å². The van der Waals surface area contributed by atoms with Crippen LogP contribution >= 0.6 is 0 Å². The van der Waals surface area contributed by atoms with Crippen LogP contribution in [0.15, 0.2) is 72.8 Å². The van der Waals surface area contributed by atoms with E-state index in [2.05, 4.69) is 15.5 Å². The van der Waals surface area contributed by atoms with Crippen LogP contribution in [0.2, 0.25) is 0 Å². The van der Waals surface area contributed by atoms with E-state index in [9.17, 15) is 19.5 Å². The smallest absolute Gasteiger partial charge is 0.334 e. The molecule has 4 amide bonds. The molecule has 6 rings (SSSR count). The molecule has 12 nitrogen and oxygen atoms in total. The Morgan fingerprint density at radius 2 is 1.82 bits per heavy atom. The van der Waals surface area contributed by atoms with Crippen molar-refractivity contribution in [3.8, 4) is 5.75 Å². The molecule has 3 aromatic carbocycles. The van der Waals surface area contributed by atoms with Gasteiger partial charge in [0.25, 0.3) is 0 Å². The van der Waals surface area contributed by atoms with Crippen LogP contribution in [-0.4, -0.2) is 84.8 Å². The molecule has 228 valence electrons. The van der Waals surface area contributed by atoms with Crippen LogP contribution in [0.1, 0.15) is 30.0 Å². The number of benzene rings is 3. The number of phenols is 1. The number of carbonyl (C=O) groups excluding carboxylic acids is 3. The molecule has 1 aromatic heterocycles. The number of fused-ring (bicyclic) bond motifs is 2. The zero-order valence-electron chi connectivity index (χ0n) is 24.5. The number of nitrogens with zero attached hydrogens (tertiary/aromatic N) is 5. The topological polar surface area (TPSA) is 151 Å². The molecule has 2 saturated heterocycles. The molecule has 5 N–H and O–H groups in total. The lowest BCUT2D eigenvalue weighted by Crippen LogP contribution is -2.76. The van der Waals surface area contributed by atoms with E-state index in [1.165, 1.54) is 0 Å². The van der Waals surface area contributed by atoms with Gasteiger partial charge in [-0.1, -0.05) is 61.5 Å². The van der Waals surface area contributed by atoms with Crippen molar-refractivity contribution in [1.82, 2.24) is 35.3 Å². The Morgan fingerprint density at radius 3 is 2.57 bits per heavy atom. The minimum absolute atomic E-state index is 0.0187. The lowest BCUT2D eigenvalue weighted by molar-refractivity contribution is -0.190. The van der Waals surface area contributed by atoms with Crippen molar-refractivity contribution in [2.75, 3.05) is 25.4 Å². The van der Waals surface area contributed by atoms with Crippen molar-refractivity contribution in [3.05, 3.63) is 89.5 Å². The number of nitrogens with one attached hydrogen (secondary N) is 2. The maximum atomic E-state index is 14.2. The predicted molar refractivity (Wildman–Crippen MR) is 165 cm³/mol. The number of amides is 4. The average Bonchev–Trinajstić information content (AvgIpc) is 3.41. The van der Waals surface area contributed by atoms with E-state index in [0.717, 1.165) is 34.0 Å². The molecule has 0 radical (unpaired) electrons. The Labute approximate surface area is 255 Å². The first-order valence-corrected chi connectivity index (χ1v) is 14.8. The Morgan fingerprint density at radius 1 is 1.05 bits per heavy atom. The molecule has 0 aliphatic carbocycles. The number of piperazine rings is 1. The fraction of sp³-hybridized carbons (Fsp3) is 0.312. The number of aromatic amines is 1. The van der Waals surface area contributed by atoms with E-state index >= 15 is 0 Å². The van der Waals surface area contributed by atoms with Crippen LogP contribution in [0.5, 0.6) is 5.75 Å². The standard InChI is InChI=1S/C32H36N8O4/c1-2-15-38-20-28(42)39-26(16-21-11-13-24(41)14-12-21)31(43)37(18-23-9-6-10-25-29(23)35-36-30(25)33)19-27(39)40(38)32(44)34-17-22-7-4-3-5-8-22/h3-14,26-27,41H,2,15-20H2,1H3,(H,34,44)(H3,33,35,36)/t26-,27-/m0/s1. The lowest BCUT2D eigenvalue weighted by atomic mass is 9.98. The summed E-state index contributed by atoms with van der Waals surface area (Å²) in [6, 6.07) is 20.7. The molecule has 0 unspecified atom stereocenters.